The summed E-state index contributed by atoms with van der Waals surface area (Å²) in [4.78, 5) is 15.1. The largest absolute Gasteiger partial charge is 0.456 e. The number of para-hydroxylation sites is 3. The highest BCUT2D eigenvalue weighted by Crippen LogP contribution is 2.50. The first kappa shape index (κ1) is 27.1. The lowest BCUT2D eigenvalue weighted by Crippen LogP contribution is -2.00. The van der Waals surface area contributed by atoms with E-state index >= 15 is 0 Å². The fourth-order valence-corrected chi connectivity index (χ4v) is 7.80. The maximum absolute atomic E-state index is 6.48. The quantitative estimate of drug-likeness (QED) is 0.193. The fraction of sp³-hybridized carbons (Fsp3) is 0. The molecule has 0 N–H and O–H groups in total. The Morgan fingerprint density at radius 3 is 1.78 bits per heavy atom. The predicted molar refractivity (Wildman–Crippen MR) is 202 cm³/mol. The molecule has 0 fully saturated rings. The summed E-state index contributed by atoms with van der Waals surface area (Å²) < 4.78 is 8.94. The SMILES string of the molecule is c1ccc(-c2nc(-c3ccccc3)nc(-c3ccc4c(c3)-c3ccc5oc6ccccc6c5c3-n3c5ccccc5c5cccc-4c53)n2)cc1. The van der Waals surface area contributed by atoms with E-state index in [2.05, 4.69) is 95.6 Å². The molecule has 5 nitrogen and oxygen atoms in total. The van der Waals surface area contributed by atoms with E-state index in [9.17, 15) is 0 Å². The Hall–Kier alpha value is -6.85. The molecule has 0 bridgehead atoms. The highest BCUT2D eigenvalue weighted by molar-refractivity contribution is 6.21. The Labute approximate surface area is 286 Å². The molecule has 1 aliphatic rings. The summed E-state index contributed by atoms with van der Waals surface area (Å²) in [5.41, 5.74) is 12.6. The van der Waals surface area contributed by atoms with Gasteiger partial charge in [-0.3, -0.25) is 0 Å². The van der Waals surface area contributed by atoms with Crippen molar-refractivity contribution >= 4 is 43.7 Å². The summed E-state index contributed by atoms with van der Waals surface area (Å²) in [5.74, 6) is 1.91. The topological polar surface area (TPSA) is 56.7 Å². The van der Waals surface area contributed by atoms with E-state index in [-0.39, 0.29) is 0 Å². The zero-order valence-corrected chi connectivity index (χ0v) is 26.7. The molecular weight excluding hydrogens is 613 g/mol. The Morgan fingerprint density at radius 1 is 0.400 bits per heavy atom. The van der Waals surface area contributed by atoms with Gasteiger partial charge in [-0.1, -0.05) is 127 Å². The number of fused-ring (bicyclic) bond motifs is 12. The van der Waals surface area contributed by atoms with E-state index in [1.807, 2.05) is 66.7 Å². The lowest BCUT2D eigenvalue weighted by atomic mass is 9.91. The van der Waals surface area contributed by atoms with E-state index in [0.717, 1.165) is 61.0 Å². The van der Waals surface area contributed by atoms with Crippen LogP contribution < -0.4 is 0 Å². The van der Waals surface area contributed by atoms with Gasteiger partial charge in [-0.05, 0) is 41.5 Å². The molecule has 5 heteroatoms. The number of rotatable bonds is 3. The van der Waals surface area contributed by atoms with Crippen molar-refractivity contribution < 1.29 is 4.42 Å². The molecule has 0 atom stereocenters. The fourth-order valence-electron chi connectivity index (χ4n) is 7.80. The molecule has 0 aliphatic carbocycles. The van der Waals surface area contributed by atoms with Crippen molar-refractivity contribution in [2.75, 3.05) is 0 Å². The first-order valence-electron chi connectivity index (χ1n) is 16.8. The third-order valence-corrected chi connectivity index (χ3v) is 9.99. The van der Waals surface area contributed by atoms with Crippen LogP contribution in [0.2, 0.25) is 0 Å². The van der Waals surface area contributed by atoms with E-state index in [1.54, 1.807) is 0 Å². The zero-order chi connectivity index (χ0) is 32.8. The average Bonchev–Trinajstić information content (AvgIpc) is 3.70. The van der Waals surface area contributed by atoms with E-state index in [4.69, 9.17) is 19.4 Å². The van der Waals surface area contributed by atoms with Crippen LogP contribution in [0.25, 0.3) is 106 Å². The Balaban J connectivity index is 1.25. The van der Waals surface area contributed by atoms with Gasteiger partial charge in [0.15, 0.2) is 17.5 Å². The van der Waals surface area contributed by atoms with Crippen LogP contribution in [0.1, 0.15) is 0 Å². The van der Waals surface area contributed by atoms with Gasteiger partial charge in [0.2, 0.25) is 0 Å². The molecule has 10 aromatic rings. The highest BCUT2D eigenvalue weighted by Gasteiger charge is 2.28. The minimum Gasteiger partial charge on any atom is -0.456 e. The van der Waals surface area contributed by atoms with Gasteiger partial charge in [0, 0.05) is 44.0 Å². The molecule has 4 heterocycles. The van der Waals surface area contributed by atoms with Gasteiger partial charge in [-0.2, -0.15) is 0 Å². The lowest BCUT2D eigenvalue weighted by molar-refractivity contribution is 0.669. The summed E-state index contributed by atoms with van der Waals surface area (Å²) in [6, 6.07) is 54.9. The molecule has 0 saturated heterocycles. The van der Waals surface area contributed by atoms with Crippen LogP contribution in [0.3, 0.4) is 0 Å². The Bertz CT molecular complexity index is 2920. The maximum atomic E-state index is 6.48. The van der Waals surface area contributed by atoms with Gasteiger partial charge in [0.05, 0.1) is 22.1 Å². The molecule has 232 valence electrons. The second-order valence-corrected chi connectivity index (χ2v) is 12.8. The van der Waals surface area contributed by atoms with Crippen molar-refractivity contribution in [2.45, 2.75) is 0 Å². The molecule has 7 aromatic carbocycles. The standard InChI is InChI=1S/C45H26N4O/c1-3-12-27(13-4-1)43-46-44(28-14-5-2-6-15-28)48-45(47-43)29-22-23-30-32-18-11-19-33-31-16-7-9-20-37(31)49(41(32)33)42-34(36(30)26-29)24-25-39-40(42)35-17-8-10-21-38(35)50-39/h1-26H. The summed E-state index contributed by atoms with van der Waals surface area (Å²) in [6.45, 7) is 0. The number of benzene rings is 7. The summed E-state index contributed by atoms with van der Waals surface area (Å²) >= 11 is 0. The molecule has 0 spiro atoms. The summed E-state index contributed by atoms with van der Waals surface area (Å²) in [5, 5.41) is 4.65. The van der Waals surface area contributed by atoms with Crippen molar-refractivity contribution in [2.24, 2.45) is 0 Å². The van der Waals surface area contributed by atoms with Gasteiger partial charge >= 0.3 is 0 Å². The zero-order valence-electron chi connectivity index (χ0n) is 26.7. The molecule has 0 radical (unpaired) electrons. The third kappa shape index (κ3) is 3.86. The van der Waals surface area contributed by atoms with Crippen molar-refractivity contribution in [3.8, 4) is 62.1 Å². The number of nitrogens with zero attached hydrogens (tertiary/aromatic N) is 4. The summed E-state index contributed by atoms with van der Waals surface area (Å²) in [7, 11) is 0. The molecule has 50 heavy (non-hydrogen) atoms. The number of hydrogen-bond acceptors (Lipinski definition) is 4. The molecular formula is C45H26N4O. The first-order chi connectivity index (χ1) is 24.8. The average molecular weight is 639 g/mol. The van der Waals surface area contributed by atoms with Crippen LogP contribution in [-0.4, -0.2) is 19.5 Å². The Morgan fingerprint density at radius 2 is 1.02 bits per heavy atom. The van der Waals surface area contributed by atoms with Crippen LogP contribution in [0.4, 0.5) is 0 Å². The second-order valence-electron chi connectivity index (χ2n) is 12.8. The van der Waals surface area contributed by atoms with Crippen molar-refractivity contribution in [1.29, 1.82) is 0 Å². The molecule has 0 amide bonds. The van der Waals surface area contributed by atoms with Gasteiger partial charge < -0.3 is 8.98 Å². The van der Waals surface area contributed by atoms with Crippen molar-refractivity contribution in [1.82, 2.24) is 19.5 Å². The lowest BCUT2D eigenvalue weighted by Gasteiger charge is -2.15. The van der Waals surface area contributed by atoms with Crippen LogP contribution in [0.5, 0.6) is 0 Å². The summed E-state index contributed by atoms with van der Waals surface area (Å²) in [6.07, 6.45) is 0. The van der Waals surface area contributed by atoms with Crippen LogP contribution in [0.15, 0.2) is 162 Å². The van der Waals surface area contributed by atoms with Crippen LogP contribution >= 0.6 is 0 Å². The smallest absolute Gasteiger partial charge is 0.164 e. The van der Waals surface area contributed by atoms with E-state index in [0.29, 0.717) is 17.5 Å². The maximum Gasteiger partial charge on any atom is 0.164 e. The van der Waals surface area contributed by atoms with E-state index in [1.165, 1.54) is 27.4 Å². The van der Waals surface area contributed by atoms with Gasteiger partial charge in [-0.25, -0.2) is 15.0 Å². The van der Waals surface area contributed by atoms with Gasteiger partial charge in [-0.15, -0.1) is 0 Å². The van der Waals surface area contributed by atoms with E-state index < -0.39 is 0 Å². The van der Waals surface area contributed by atoms with Gasteiger partial charge in [0.1, 0.15) is 11.2 Å². The number of furan rings is 1. The molecule has 1 aliphatic heterocycles. The minimum atomic E-state index is 0.629. The molecule has 0 saturated carbocycles. The van der Waals surface area contributed by atoms with Crippen molar-refractivity contribution in [3.63, 3.8) is 0 Å². The van der Waals surface area contributed by atoms with Crippen LogP contribution in [0, 0.1) is 0 Å². The number of hydrogen-bond donors (Lipinski definition) is 0. The minimum absolute atomic E-state index is 0.629. The normalized spacial score (nSPS) is 12.0. The molecule has 11 rings (SSSR count). The molecule has 3 aromatic heterocycles. The van der Waals surface area contributed by atoms with Crippen LogP contribution in [-0.2, 0) is 0 Å². The third-order valence-electron chi connectivity index (χ3n) is 9.99. The van der Waals surface area contributed by atoms with Gasteiger partial charge in [0.25, 0.3) is 0 Å². The molecule has 0 unspecified atom stereocenters. The van der Waals surface area contributed by atoms with Crippen molar-refractivity contribution in [3.05, 3.63) is 158 Å². The second kappa shape index (κ2) is 10.3. The highest BCUT2D eigenvalue weighted by atomic mass is 16.3. The predicted octanol–water partition coefficient (Wildman–Crippen LogP) is 11.5. The monoisotopic (exact) mass is 638 g/mol. The Kier molecular flexibility index (Phi) is 5.60. The first-order valence-corrected chi connectivity index (χ1v) is 16.8. The number of aromatic nitrogens is 4.